The van der Waals surface area contributed by atoms with Crippen molar-refractivity contribution in [2.24, 2.45) is 0 Å². The average Bonchev–Trinajstić information content (AvgIpc) is 2.47. The van der Waals surface area contributed by atoms with Crippen molar-refractivity contribution in [3.8, 4) is 0 Å². The minimum Gasteiger partial charge on any atom is -0.446 e. The Morgan fingerprint density at radius 2 is 2.00 bits per heavy atom. The summed E-state index contributed by atoms with van der Waals surface area (Å²) >= 11 is 0. The Kier molecular flexibility index (Phi) is 5.19. The number of pyridine rings is 1. The molecule has 0 saturated heterocycles. The summed E-state index contributed by atoms with van der Waals surface area (Å²) in [5, 5.41) is 0. The van der Waals surface area contributed by atoms with Gasteiger partial charge >= 0.3 is 6.09 Å². The van der Waals surface area contributed by atoms with E-state index in [1.165, 1.54) is 24.8 Å². The van der Waals surface area contributed by atoms with Gasteiger partial charge < -0.3 is 9.64 Å². The Hall–Kier alpha value is -1.58. The van der Waals surface area contributed by atoms with Crippen LogP contribution in [0.15, 0.2) is 24.5 Å². The molecular weight excluding hydrogens is 240 g/mol. The smallest absolute Gasteiger partial charge is 0.409 e. The van der Waals surface area contributed by atoms with Crippen molar-refractivity contribution in [1.29, 1.82) is 0 Å². The molecule has 19 heavy (non-hydrogen) atoms. The number of carbonyl (C=O) groups excluding carboxylic acids is 1. The van der Waals surface area contributed by atoms with Crippen molar-refractivity contribution in [1.82, 2.24) is 9.88 Å². The minimum absolute atomic E-state index is 0.129. The highest BCUT2D eigenvalue weighted by Gasteiger charge is 2.19. The molecule has 1 aromatic heterocycles. The lowest BCUT2D eigenvalue weighted by Gasteiger charge is -2.25. The lowest BCUT2D eigenvalue weighted by molar-refractivity contribution is 0.0514. The molecule has 1 fully saturated rings. The Labute approximate surface area is 114 Å². The molecular formula is C15H22N2O2. The summed E-state index contributed by atoms with van der Waals surface area (Å²) in [5.41, 5.74) is 1.19. The lowest BCUT2D eigenvalue weighted by atomic mass is 9.98. The van der Waals surface area contributed by atoms with Crippen molar-refractivity contribution in [2.75, 3.05) is 13.6 Å². The van der Waals surface area contributed by atoms with Gasteiger partial charge in [0.15, 0.2) is 0 Å². The number of rotatable bonds is 4. The van der Waals surface area contributed by atoms with Crippen LogP contribution in [0.5, 0.6) is 0 Å². The van der Waals surface area contributed by atoms with E-state index < -0.39 is 0 Å². The normalized spacial score (nSPS) is 16.1. The van der Waals surface area contributed by atoms with Gasteiger partial charge in [0.2, 0.25) is 0 Å². The summed E-state index contributed by atoms with van der Waals surface area (Å²) in [6, 6.07) is 3.95. The Morgan fingerprint density at radius 1 is 1.32 bits per heavy atom. The van der Waals surface area contributed by atoms with E-state index in [4.69, 9.17) is 4.74 Å². The topological polar surface area (TPSA) is 42.4 Å². The first kappa shape index (κ1) is 13.8. The Balaban J connectivity index is 1.72. The minimum atomic E-state index is -0.194. The van der Waals surface area contributed by atoms with Crippen molar-refractivity contribution in [3.63, 3.8) is 0 Å². The summed E-state index contributed by atoms with van der Waals surface area (Å²) in [6.07, 6.45) is 9.98. The third kappa shape index (κ3) is 4.54. The molecule has 2 rings (SSSR count). The zero-order valence-electron chi connectivity index (χ0n) is 11.5. The van der Waals surface area contributed by atoms with Crippen LogP contribution in [0.4, 0.5) is 4.79 Å². The monoisotopic (exact) mass is 262 g/mol. The van der Waals surface area contributed by atoms with E-state index in [2.05, 4.69) is 4.98 Å². The van der Waals surface area contributed by atoms with E-state index in [0.717, 1.165) is 19.3 Å². The fourth-order valence-electron chi connectivity index (χ4n) is 2.35. The third-order valence-electron chi connectivity index (χ3n) is 3.62. The highest BCUT2D eigenvalue weighted by atomic mass is 16.6. The van der Waals surface area contributed by atoms with Crippen LogP contribution in [0.25, 0.3) is 0 Å². The van der Waals surface area contributed by atoms with Gasteiger partial charge in [0, 0.05) is 26.0 Å². The Bertz CT molecular complexity index is 388. The van der Waals surface area contributed by atoms with E-state index >= 15 is 0 Å². The summed E-state index contributed by atoms with van der Waals surface area (Å²) in [7, 11) is 1.80. The average molecular weight is 262 g/mol. The number of ether oxygens (including phenoxy) is 1. The maximum atomic E-state index is 11.9. The van der Waals surface area contributed by atoms with Gasteiger partial charge in [-0.3, -0.25) is 4.98 Å². The van der Waals surface area contributed by atoms with Gasteiger partial charge in [0.05, 0.1) is 0 Å². The van der Waals surface area contributed by atoms with E-state index in [0.29, 0.717) is 6.54 Å². The van der Waals surface area contributed by atoms with Gasteiger partial charge in [-0.2, -0.15) is 0 Å². The van der Waals surface area contributed by atoms with Crippen LogP contribution < -0.4 is 0 Å². The molecule has 1 heterocycles. The van der Waals surface area contributed by atoms with E-state index in [9.17, 15) is 4.79 Å². The first-order valence-corrected chi connectivity index (χ1v) is 7.06. The van der Waals surface area contributed by atoms with Gasteiger partial charge in [0.1, 0.15) is 6.10 Å². The molecule has 1 aliphatic carbocycles. The molecule has 0 N–H and O–H groups in total. The first-order chi connectivity index (χ1) is 9.25. The fraction of sp³-hybridized carbons (Fsp3) is 0.600. The SMILES string of the molecule is CN(CCc1ccncc1)C(=O)OC1CCCCC1. The molecule has 0 spiro atoms. The van der Waals surface area contributed by atoms with Gasteiger partial charge in [-0.1, -0.05) is 6.42 Å². The number of likely N-dealkylation sites (N-methyl/N-ethyl adjacent to an activating group) is 1. The zero-order chi connectivity index (χ0) is 13.5. The zero-order valence-corrected chi connectivity index (χ0v) is 11.5. The molecule has 1 amide bonds. The lowest BCUT2D eigenvalue weighted by Crippen LogP contribution is -2.33. The molecule has 0 atom stereocenters. The maximum absolute atomic E-state index is 11.9. The molecule has 0 unspecified atom stereocenters. The van der Waals surface area contributed by atoms with Gasteiger partial charge in [0.25, 0.3) is 0 Å². The molecule has 0 bridgehead atoms. The Morgan fingerprint density at radius 3 is 2.68 bits per heavy atom. The van der Waals surface area contributed by atoms with E-state index in [-0.39, 0.29) is 12.2 Å². The second kappa shape index (κ2) is 7.12. The predicted molar refractivity (Wildman–Crippen MR) is 73.9 cm³/mol. The van der Waals surface area contributed by atoms with Crippen molar-refractivity contribution < 1.29 is 9.53 Å². The summed E-state index contributed by atoms with van der Waals surface area (Å²) < 4.78 is 5.52. The van der Waals surface area contributed by atoms with Crippen molar-refractivity contribution in [3.05, 3.63) is 30.1 Å². The van der Waals surface area contributed by atoms with Crippen LogP contribution in [0.1, 0.15) is 37.7 Å². The van der Waals surface area contributed by atoms with Crippen LogP contribution in [-0.2, 0) is 11.2 Å². The molecule has 0 aromatic carbocycles. The van der Waals surface area contributed by atoms with Crippen LogP contribution in [0, 0.1) is 0 Å². The third-order valence-corrected chi connectivity index (χ3v) is 3.62. The van der Waals surface area contributed by atoms with E-state index in [1.54, 1.807) is 24.3 Å². The van der Waals surface area contributed by atoms with Crippen molar-refractivity contribution >= 4 is 6.09 Å². The number of aromatic nitrogens is 1. The molecule has 0 radical (unpaired) electrons. The molecule has 1 saturated carbocycles. The standard InChI is InChI=1S/C15H22N2O2/c1-17(12-9-13-7-10-16-11-8-13)15(18)19-14-5-3-2-4-6-14/h7-8,10-11,14H,2-6,9,12H2,1H3. The van der Waals surface area contributed by atoms with Crippen LogP contribution in [-0.4, -0.2) is 35.7 Å². The molecule has 104 valence electrons. The largest absolute Gasteiger partial charge is 0.446 e. The second-order valence-corrected chi connectivity index (χ2v) is 5.17. The van der Waals surface area contributed by atoms with Crippen LogP contribution >= 0.6 is 0 Å². The molecule has 1 aliphatic rings. The molecule has 0 aliphatic heterocycles. The number of hydrogen-bond donors (Lipinski definition) is 0. The highest BCUT2D eigenvalue weighted by Crippen LogP contribution is 2.20. The molecule has 4 heteroatoms. The van der Waals surface area contributed by atoms with Gasteiger partial charge in [-0.15, -0.1) is 0 Å². The van der Waals surface area contributed by atoms with E-state index in [1.807, 2.05) is 12.1 Å². The summed E-state index contributed by atoms with van der Waals surface area (Å²) in [6.45, 7) is 0.676. The molecule has 4 nitrogen and oxygen atoms in total. The second-order valence-electron chi connectivity index (χ2n) is 5.17. The number of amides is 1. The van der Waals surface area contributed by atoms with Crippen LogP contribution in [0.2, 0.25) is 0 Å². The molecule has 1 aromatic rings. The summed E-state index contributed by atoms with van der Waals surface area (Å²) in [5.74, 6) is 0. The maximum Gasteiger partial charge on any atom is 0.409 e. The van der Waals surface area contributed by atoms with Gasteiger partial charge in [-0.05, 0) is 49.8 Å². The van der Waals surface area contributed by atoms with Crippen LogP contribution in [0.3, 0.4) is 0 Å². The van der Waals surface area contributed by atoms with Crippen molar-refractivity contribution in [2.45, 2.75) is 44.6 Å². The number of nitrogens with zero attached hydrogens (tertiary/aromatic N) is 2. The fourth-order valence-corrected chi connectivity index (χ4v) is 2.35. The first-order valence-electron chi connectivity index (χ1n) is 7.06. The highest BCUT2D eigenvalue weighted by molar-refractivity contribution is 5.67. The number of hydrogen-bond acceptors (Lipinski definition) is 3. The van der Waals surface area contributed by atoms with Gasteiger partial charge in [-0.25, -0.2) is 4.79 Å². The quantitative estimate of drug-likeness (QED) is 0.837. The summed E-state index contributed by atoms with van der Waals surface area (Å²) in [4.78, 5) is 17.6. The number of carbonyl (C=O) groups is 1. The predicted octanol–water partition coefficient (Wildman–Crippen LogP) is 3.03.